The van der Waals surface area contributed by atoms with Gasteiger partial charge in [-0.3, -0.25) is 0 Å². The molecule has 1 rings (SSSR count). The van der Waals surface area contributed by atoms with Gasteiger partial charge in [0.1, 0.15) is 5.82 Å². The van der Waals surface area contributed by atoms with Gasteiger partial charge in [0.25, 0.3) is 0 Å². The van der Waals surface area contributed by atoms with Crippen molar-refractivity contribution in [2.45, 2.75) is 20.3 Å². The van der Waals surface area contributed by atoms with Crippen molar-refractivity contribution in [3.05, 3.63) is 34.6 Å². The fourth-order valence-corrected chi connectivity index (χ4v) is 1.19. The molecule has 0 aliphatic heterocycles. The summed E-state index contributed by atoms with van der Waals surface area (Å²) in [5.74, 6) is -0.239. The van der Waals surface area contributed by atoms with Crippen molar-refractivity contribution < 1.29 is 4.39 Å². The molecule has 62 valence electrons. The van der Waals surface area contributed by atoms with Crippen molar-refractivity contribution in [2.24, 2.45) is 0 Å². The van der Waals surface area contributed by atoms with Gasteiger partial charge in [0.2, 0.25) is 0 Å². The van der Waals surface area contributed by atoms with Gasteiger partial charge < -0.3 is 0 Å². The molecule has 0 fully saturated rings. The number of aryl methyl sites for hydroxylation is 1. The average Bonchev–Trinajstić information content (AvgIpc) is 2.09. The SMILES string of the molecule is CCc1c(C#N)ccc(C)c1F. The summed E-state index contributed by atoms with van der Waals surface area (Å²) < 4.78 is 13.3. The van der Waals surface area contributed by atoms with Crippen LogP contribution in [0.25, 0.3) is 0 Å². The van der Waals surface area contributed by atoms with Gasteiger partial charge in [-0.2, -0.15) is 5.26 Å². The van der Waals surface area contributed by atoms with Crippen LogP contribution in [0.2, 0.25) is 0 Å². The van der Waals surface area contributed by atoms with Crippen molar-refractivity contribution in [3.63, 3.8) is 0 Å². The summed E-state index contributed by atoms with van der Waals surface area (Å²) in [7, 11) is 0. The van der Waals surface area contributed by atoms with E-state index in [9.17, 15) is 4.39 Å². The van der Waals surface area contributed by atoms with Crippen LogP contribution in [0.3, 0.4) is 0 Å². The van der Waals surface area contributed by atoms with Crippen LogP contribution in [-0.2, 0) is 6.42 Å². The lowest BCUT2D eigenvalue weighted by molar-refractivity contribution is 0.602. The standard InChI is InChI=1S/C10H10FN/c1-3-9-8(6-12)5-4-7(2)10(9)11/h4-5H,3H2,1-2H3. The van der Waals surface area contributed by atoms with E-state index in [1.807, 2.05) is 13.0 Å². The Labute approximate surface area is 71.4 Å². The Morgan fingerprint density at radius 1 is 1.50 bits per heavy atom. The molecule has 0 saturated heterocycles. The normalized spacial score (nSPS) is 9.50. The highest BCUT2D eigenvalue weighted by atomic mass is 19.1. The van der Waals surface area contributed by atoms with E-state index in [1.54, 1.807) is 19.1 Å². The molecular formula is C10H10FN. The summed E-state index contributed by atoms with van der Waals surface area (Å²) >= 11 is 0. The third-order valence-electron chi connectivity index (χ3n) is 1.91. The molecule has 0 radical (unpaired) electrons. The first kappa shape index (κ1) is 8.73. The Morgan fingerprint density at radius 2 is 2.17 bits per heavy atom. The van der Waals surface area contributed by atoms with E-state index in [1.165, 1.54) is 0 Å². The molecule has 0 unspecified atom stereocenters. The molecular weight excluding hydrogens is 153 g/mol. The summed E-state index contributed by atoms with van der Waals surface area (Å²) in [5, 5.41) is 8.65. The number of halogens is 1. The Kier molecular flexibility index (Phi) is 2.44. The second-order valence-electron chi connectivity index (χ2n) is 2.69. The minimum Gasteiger partial charge on any atom is -0.206 e. The molecule has 0 aliphatic rings. The summed E-state index contributed by atoms with van der Waals surface area (Å²) in [6.07, 6.45) is 0.566. The maximum atomic E-state index is 13.3. The number of hydrogen-bond acceptors (Lipinski definition) is 1. The van der Waals surface area contributed by atoms with Crippen LogP contribution >= 0.6 is 0 Å². The smallest absolute Gasteiger partial charge is 0.130 e. The number of nitriles is 1. The lowest BCUT2D eigenvalue weighted by Crippen LogP contribution is -1.95. The first-order chi connectivity index (χ1) is 5.70. The molecule has 1 aromatic carbocycles. The molecule has 0 saturated carbocycles. The molecule has 2 heteroatoms. The number of nitrogens with zero attached hydrogens (tertiary/aromatic N) is 1. The molecule has 0 heterocycles. The molecule has 0 bridgehead atoms. The highest BCUT2D eigenvalue weighted by molar-refractivity contribution is 5.41. The lowest BCUT2D eigenvalue weighted by Gasteiger charge is -2.04. The zero-order valence-electron chi connectivity index (χ0n) is 7.19. The fourth-order valence-electron chi connectivity index (χ4n) is 1.19. The molecule has 0 spiro atoms. The van der Waals surface area contributed by atoms with Crippen LogP contribution in [-0.4, -0.2) is 0 Å². The van der Waals surface area contributed by atoms with Crippen LogP contribution in [0, 0.1) is 24.1 Å². The highest BCUT2D eigenvalue weighted by Crippen LogP contribution is 2.16. The van der Waals surface area contributed by atoms with E-state index >= 15 is 0 Å². The monoisotopic (exact) mass is 163 g/mol. The third-order valence-corrected chi connectivity index (χ3v) is 1.91. The zero-order valence-corrected chi connectivity index (χ0v) is 7.19. The predicted molar refractivity (Wildman–Crippen MR) is 45.2 cm³/mol. The van der Waals surface area contributed by atoms with E-state index in [-0.39, 0.29) is 5.82 Å². The summed E-state index contributed by atoms with van der Waals surface area (Å²) in [5.41, 5.74) is 1.57. The molecule has 12 heavy (non-hydrogen) atoms. The predicted octanol–water partition coefficient (Wildman–Crippen LogP) is 2.57. The maximum absolute atomic E-state index is 13.3. The van der Waals surface area contributed by atoms with Gasteiger partial charge in [0.05, 0.1) is 11.6 Å². The van der Waals surface area contributed by atoms with Crippen molar-refractivity contribution in [2.75, 3.05) is 0 Å². The van der Waals surface area contributed by atoms with Gasteiger partial charge in [0, 0.05) is 5.56 Å². The van der Waals surface area contributed by atoms with Crippen molar-refractivity contribution >= 4 is 0 Å². The van der Waals surface area contributed by atoms with Gasteiger partial charge in [-0.05, 0) is 25.0 Å². The second-order valence-corrected chi connectivity index (χ2v) is 2.69. The Balaban J connectivity index is 3.38. The van der Waals surface area contributed by atoms with Gasteiger partial charge in [-0.25, -0.2) is 4.39 Å². The number of benzene rings is 1. The number of rotatable bonds is 1. The maximum Gasteiger partial charge on any atom is 0.130 e. The highest BCUT2D eigenvalue weighted by Gasteiger charge is 2.08. The van der Waals surface area contributed by atoms with Crippen LogP contribution in [0.5, 0.6) is 0 Å². The summed E-state index contributed by atoms with van der Waals surface area (Å²) in [6, 6.07) is 5.27. The van der Waals surface area contributed by atoms with Crippen molar-refractivity contribution in [1.29, 1.82) is 5.26 Å². The summed E-state index contributed by atoms with van der Waals surface area (Å²) in [6.45, 7) is 3.55. The first-order valence-electron chi connectivity index (χ1n) is 3.88. The van der Waals surface area contributed by atoms with Gasteiger partial charge >= 0.3 is 0 Å². The van der Waals surface area contributed by atoms with E-state index in [4.69, 9.17) is 5.26 Å². The Bertz CT molecular complexity index is 336. The first-order valence-corrected chi connectivity index (χ1v) is 3.88. The largest absolute Gasteiger partial charge is 0.206 e. The van der Waals surface area contributed by atoms with E-state index < -0.39 is 0 Å². The van der Waals surface area contributed by atoms with Crippen LogP contribution < -0.4 is 0 Å². The Morgan fingerprint density at radius 3 is 2.67 bits per heavy atom. The van der Waals surface area contributed by atoms with E-state index in [2.05, 4.69) is 0 Å². The molecule has 0 amide bonds. The van der Waals surface area contributed by atoms with Crippen LogP contribution in [0.1, 0.15) is 23.6 Å². The van der Waals surface area contributed by atoms with Gasteiger partial charge in [0.15, 0.2) is 0 Å². The molecule has 0 aromatic heterocycles. The average molecular weight is 163 g/mol. The van der Waals surface area contributed by atoms with Crippen molar-refractivity contribution in [1.82, 2.24) is 0 Å². The topological polar surface area (TPSA) is 23.8 Å². The van der Waals surface area contributed by atoms with Crippen LogP contribution in [0.4, 0.5) is 4.39 Å². The molecule has 0 N–H and O–H groups in total. The van der Waals surface area contributed by atoms with Gasteiger partial charge in [-0.15, -0.1) is 0 Å². The quantitative estimate of drug-likeness (QED) is 0.624. The molecule has 0 atom stereocenters. The zero-order chi connectivity index (χ0) is 9.14. The molecule has 1 nitrogen and oxygen atoms in total. The fraction of sp³-hybridized carbons (Fsp3) is 0.300. The van der Waals surface area contributed by atoms with Crippen LogP contribution in [0.15, 0.2) is 12.1 Å². The summed E-state index contributed by atoms with van der Waals surface area (Å²) in [4.78, 5) is 0. The second kappa shape index (κ2) is 3.36. The number of hydrogen-bond donors (Lipinski definition) is 0. The minimum atomic E-state index is -0.239. The van der Waals surface area contributed by atoms with E-state index in [0.29, 0.717) is 23.1 Å². The van der Waals surface area contributed by atoms with E-state index in [0.717, 1.165) is 0 Å². The lowest BCUT2D eigenvalue weighted by atomic mass is 10.0. The Hall–Kier alpha value is -1.36. The third kappa shape index (κ3) is 1.31. The van der Waals surface area contributed by atoms with Crippen molar-refractivity contribution in [3.8, 4) is 6.07 Å². The molecule has 1 aromatic rings. The molecule has 0 aliphatic carbocycles. The minimum absolute atomic E-state index is 0.239. The van der Waals surface area contributed by atoms with Gasteiger partial charge in [-0.1, -0.05) is 13.0 Å².